The molecule has 0 fully saturated rings. The van der Waals surface area contributed by atoms with Crippen molar-refractivity contribution in [1.82, 2.24) is 15.1 Å². The van der Waals surface area contributed by atoms with Crippen molar-refractivity contribution in [3.63, 3.8) is 0 Å². The Balaban J connectivity index is 1.97. The van der Waals surface area contributed by atoms with Crippen LogP contribution in [0.1, 0.15) is 38.3 Å². The number of nitrogens with zero attached hydrogens (tertiary/aromatic N) is 2. The molecule has 2 rings (SSSR count). The SMILES string of the molecule is CC(C)OC(=O)C[C@H](NC(=O)CCn1cccn1)c1ccccc1. The first-order valence-corrected chi connectivity index (χ1v) is 8.06. The van der Waals surface area contributed by atoms with E-state index in [-0.39, 0.29) is 24.4 Å². The average Bonchev–Trinajstić information content (AvgIpc) is 3.06. The van der Waals surface area contributed by atoms with Crippen LogP contribution in [0.3, 0.4) is 0 Å². The van der Waals surface area contributed by atoms with Crippen LogP contribution >= 0.6 is 0 Å². The van der Waals surface area contributed by atoms with Gasteiger partial charge in [0.05, 0.1) is 18.6 Å². The minimum atomic E-state index is -0.400. The summed E-state index contributed by atoms with van der Waals surface area (Å²) in [4.78, 5) is 24.2. The first kappa shape index (κ1) is 17.7. The predicted octanol–water partition coefficient (Wildman–Crippen LogP) is 2.47. The number of hydrogen-bond donors (Lipinski definition) is 1. The first-order chi connectivity index (χ1) is 11.5. The number of rotatable bonds is 8. The number of hydrogen-bond acceptors (Lipinski definition) is 4. The fourth-order valence-electron chi connectivity index (χ4n) is 2.33. The third-order valence-corrected chi connectivity index (χ3v) is 3.40. The number of benzene rings is 1. The van der Waals surface area contributed by atoms with Crippen molar-refractivity contribution < 1.29 is 14.3 Å². The lowest BCUT2D eigenvalue weighted by atomic mass is 10.0. The number of carbonyl (C=O) groups is 2. The van der Waals surface area contributed by atoms with Crippen LogP contribution in [0.15, 0.2) is 48.8 Å². The molecule has 0 saturated carbocycles. The summed E-state index contributed by atoms with van der Waals surface area (Å²) < 4.78 is 6.90. The molecule has 0 spiro atoms. The third-order valence-electron chi connectivity index (χ3n) is 3.40. The summed E-state index contributed by atoms with van der Waals surface area (Å²) in [6.07, 6.45) is 3.71. The van der Waals surface area contributed by atoms with Crippen molar-refractivity contribution in [2.24, 2.45) is 0 Å². The van der Waals surface area contributed by atoms with E-state index in [1.165, 1.54) is 0 Å². The van der Waals surface area contributed by atoms with Crippen molar-refractivity contribution >= 4 is 11.9 Å². The molecule has 1 amide bonds. The third kappa shape index (κ3) is 5.87. The van der Waals surface area contributed by atoms with Gasteiger partial charge in [0.15, 0.2) is 0 Å². The van der Waals surface area contributed by atoms with E-state index in [2.05, 4.69) is 10.4 Å². The van der Waals surface area contributed by atoms with E-state index in [0.29, 0.717) is 13.0 Å². The molecule has 1 atom stereocenters. The van der Waals surface area contributed by atoms with Crippen molar-refractivity contribution in [2.45, 2.75) is 45.4 Å². The maximum atomic E-state index is 12.2. The molecule has 1 N–H and O–H groups in total. The normalized spacial score (nSPS) is 12.0. The molecule has 0 bridgehead atoms. The van der Waals surface area contributed by atoms with Crippen LogP contribution in [-0.2, 0) is 20.9 Å². The van der Waals surface area contributed by atoms with E-state index in [9.17, 15) is 9.59 Å². The highest BCUT2D eigenvalue weighted by Gasteiger charge is 2.19. The number of carbonyl (C=O) groups excluding carboxylic acids is 2. The second kappa shape index (κ2) is 8.86. The second-order valence-corrected chi connectivity index (χ2v) is 5.79. The van der Waals surface area contributed by atoms with E-state index >= 15 is 0 Å². The molecular weight excluding hydrogens is 306 g/mol. The molecule has 0 unspecified atom stereocenters. The molecule has 0 radical (unpaired) electrons. The number of aryl methyl sites for hydroxylation is 1. The smallest absolute Gasteiger partial charge is 0.308 e. The van der Waals surface area contributed by atoms with Gasteiger partial charge in [0.25, 0.3) is 0 Å². The van der Waals surface area contributed by atoms with Gasteiger partial charge in [0, 0.05) is 25.4 Å². The number of esters is 1. The van der Waals surface area contributed by atoms with E-state index in [1.54, 1.807) is 24.7 Å². The van der Waals surface area contributed by atoms with E-state index in [0.717, 1.165) is 5.56 Å². The van der Waals surface area contributed by atoms with Gasteiger partial charge in [-0.15, -0.1) is 0 Å². The Morgan fingerprint density at radius 2 is 1.96 bits per heavy atom. The minimum Gasteiger partial charge on any atom is -0.463 e. The van der Waals surface area contributed by atoms with Crippen LogP contribution in [-0.4, -0.2) is 27.8 Å². The molecule has 1 heterocycles. The highest BCUT2D eigenvalue weighted by atomic mass is 16.5. The van der Waals surface area contributed by atoms with Crippen LogP contribution in [0.5, 0.6) is 0 Å². The summed E-state index contributed by atoms with van der Waals surface area (Å²) >= 11 is 0. The summed E-state index contributed by atoms with van der Waals surface area (Å²) in [6, 6.07) is 10.8. The Labute approximate surface area is 141 Å². The monoisotopic (exact) mass is 329 g/mol. The van der Waals surface area contributed by atoms with Gasteiger partial charge in [0.1, 0.15) is 0 Å². The van der Waals surface area contributed by atoms with Gasteiger partial charge in [-0.05, 0) is 25.5 Å². The second-order valence-electron chi connectivity index (χ2n) is 5.79. The zero-order valence-electron chi connectivity index (χ0n) is 14.0. The number of nitrogens with one attached hydrogen (secondary N) is 1. The molecule has 0 aliphatic carbocycles. The Morgan fingerprint density at radius 1 is 1.21 bits per heavy atom. The lowest BCUT2D eigenvalue weighted by molar-refractivity contribution is -0.148. The van der Waals surface area contributed by atoms with Gasteiger partial charge in [-0.25, -0.2) is 0 Å². The van der Waals surface area contributed by atoms with Crippen LogP contribution in [0.2, 0.25) is 0 Å². The molecule has 0 saturated heterocycles. The summed E-state index contributed by atoms with van der Waals surface area (Å²) in [5.74, 6) is -0.456. The highest BCUT2D eigenvalue weighted by Crippen LogP contribution is 2.18. The average molecular weight is 329 g/mol. The lowest BCUT2D eigenvalue weighted by Crippen LogP contribution is -2.31. The molecule has 1 aromatic carbocycles. The summed E-state index contributed by atoms with van der Waals surface area (Å²) in [5, 5.41) is 6.99. The zero-order chi connectivity index (χ0) is 17.4. The van der Waals surface area contributed by atoms with Crippen LogP contribution in [0.4, 0.5) is 0 Å². The van der Waals surface area contributed by atoms with Crippen LogP contribution in [0, 0.1) is 0 Å². The summed E-state index contributed by atoms with van der Waals surface area (Å²) in [5.41, 5.74) is 0.880. The van der Waals surface area contributed by atoms with Gasteiger partial charge in [-0.1, -0.05) is 30.3 Å². The molecule has 0 aliphatic rings. The molecule has 2 aromatic rings. The van der Waals surface area contributed by atoms with Crippen molar-refractivity contribution in [3.8, 4) is 0 Å². The van der Waals surface area contributed by atoms with Crippen LogP contribution in [0.25, 0.3) is 0 Å². The maximum absolute atomic E-state index is 12.2. The van der Waals surface area contributed by atoms with Crippen molar-refractivity contribution in [3.05, 3.63) is 54.4 Å². The predicted molar refractivity (Wildman–Crippen MR) is 90.0 cm³/mol. The van der Waals surface area contributed by atoms with E-state index in [1.807, 2.05) is 42.6 Å². The van der Waals surface area contributed by atoms with Crippen molar-refractivity contribution in [1.29, 1.82) is 0 Å². The topological polar surface area (TPSA) is 73.2 Å². The summed E-state index contributed by atoms with van der Waals surface area (Å²) in [6.45, 7) is 4.10. The van der Waals surface area contributed by atoms with Gasteiger partial charge in [0.2, 0.25) is 5.91 Å². The summed E-state index contributed by atoms with van der Waals surface area (Å²) in [7, 11) is 0. The first-order valence-electron chi connectivity index (χ1n) is 8.06. The fourth-order valence-corrected chi connectivity index (χ4v) is 2.33. The number of amides is 1. The molecular formula is C18H23N3O3. The van der Waals surface area contributed by atoms with Crippen LogP contribution < -0.4 is 5.32 Å². The Morgan fingerprint density at radius 3 is 2.58 bits per heavy atom. The Kier molecular flexibility index (Phi) is 6.54. The van der Waals surface area contributed by atoms with Gasteiger partial charge in [-0.3, -0.25) is 14.3 Å². The Hall–Kier alpha value is -2.63. The molecule has 6 heteroatoms. The van der Waals surface area contributed by atoms with E-state index in [4.69, 9.17) is 4.74 Å². The highest BCUT2D eigenvalue weighted by molar-refractivity contribution is 5.78. The standard InChI is InChI=1S/C18H23N3O3/c1-14(2)24-18(23)13-16(15-7-4-3-5-8-15)20-17(22)9-12-21-11-6-10-19-21/h3-8,10-11,14,16H,9,12-13H2,1-2H3,(H,20,22)/t16-/m0/s1. The molecule has 24 heavy (non-hydrogen) atoms. The quantitative estimate of drug-likeness (QED) is 0.755. The molecule has 128 valence electrons. The Bertz CT molecular complexity index is 639. The van der Waals surface area contributed by atoms with E-state index < -0.39 is 6.04 Å². The van der Waals surface area contributed by atoms with Crippen molar-refractivity contribution in [2.75, 3.05) is 0 Å². The molecule has 6 nitrogen and oxygen atoms in total. The van der Waals surface area contributed by atoms with Gasteiger partial charge >= 0.3 is 5.97 Å². The van der Waals surface area contributed by atoms with Gasteiger partial charge < -0.3 is 10.1 Å². The number of aromatic nitrogens is 2. The molecule has 1 aromatic heterocycles. The number of ether oxygens (including phenoxy) is 1. The zero-order valence-corrected chi connectivity index (χ0v) is 14.0. The maximum Gasteiger partial charge on any atom is 0.308 e. The largest absolute Gasteiger partial charge is 0.463 e. The fraction of sp³-hybridized carbons (Fsp3) is 0.389. The lowest BCUT2D eigenvalue weighted by Gasteiger charge is -2.19. The molecule has 0 aliphatic heterocycles. The van der Waals surface area contributed by atoms with Gasteiger partial charge in [-0.2, -0.15) is 5.10 Å². The minimum absolute atomic E-state index is 0.107.